The minimum absolute atomic E-state index is 0.110. The van der Waals surface area contributed by atoms with Crippen molar-refractivity contribution < 1.29 is 23.9 Å². The highest BCUT2D eigenvalue weighted by molar-refractivity contribution is 8.01. The van der Waals surface area contributed by atoms with E-state index >= 15 is 0 Å². The molecule has 148 valence electrons. The lowest BCUT2D eigenvalue weighted by Crippen LogP contribution is -2.31. The Kier molecular flexibility index (Phi) is 5.10. The van der Waals surface area contributed by atoms with E-state index in [2.05, 4.69) is 10.6 Å². The topological polar surface area (TPSA) is 102 Å². The second-order valence-electron chi connectivity index (χ2n) is 6.89. The number of hydrogen-bond donors (Lipinski definition) is 2. The minimum atomic E-state index is -0.614. The number of ether oxygens (including phenoxy) is 1. The zero-order chi connectivity index (χ0) is 20.5. The number of hydrogen-bond acceptors (Lipinski definition) is 6. The Morgan fingerprint density at radius 3 is 2.62 bits per heavy atom. The number of ketones is 1. The van der Waals surface area contributed by atoms with Crippen LogP contribution in [0.3, 0.4) is 0 Å². The molecule has 7 nitrogen and oxygen atoms in total. The summed E-state index contributed by atoms with van der Waals surface area (Å²) in [7, 11) is 0. The molecule has 0 saturated heterocycles. The van der Waals surface area contributed by atoms with Gasteiger partial charge in [-0.2, -0.15) is 0 Å². The molecule has 0 spiro atoms. The lowest BCUT2D eigenvalue weighted by molar-refractivity contribution is -0.143. The van der Waals surface area contributed by atoms with Gasteiger partial charge in [0, 0.05) is 16.1 Å². The molecule has 8 heteroatoms. The summed E-state index contributed by atoms with van der Waals surface area (Å²) in [5.74, 6) is -1.68. The molecule has 0 bridgehead atoms. The Morgan fingerprint density at radius 2 is 1.79 bits per heavy atom. The van der Waals surface area contributed by atoms with E-state index in [-0.39, 0.29) is 29.9 Å². The Bertz CT molecular complexity index is 1040. The molecular formula is C21H18N2O5S. The van der Waals surface area contributed by atoms with Crippen molar-refractivity contribution in [2.45, 2.75) is 29.4 Å². The van der Waals surface area contributed by atoms with Crippen molar-refractivity contribution in [3.05, 3.63) is 53.6 Å². The van der Waals surface area contributed by atoms with Crippen molar-refractivity contribution in [3.8, 4) is 0 Å². The largest absolute Gasteiger partial charge is 0.457 e. The molecule has 2 N–H and O–H groups in total. The van der Waals surface area contributed by atoms with E-state index in [0.29, 0.717) is 11.3 Å². The minimum Gasteiger partial charge on any atom is -0.457 e. The normalized spacial score (nSPS) is 19.6. The molecule has 2 aromatic carbocycles. The molecule has 0 saturated carbocycles. The Hall–Kier alpha value is -3.13. The quantitative estimate of drug-likeness (QED) is 0.580. The molecule has 2 heterocycles. The van der Waals surface area contributed by atoms with Crippen LogP contribution in [0.5, 0.6) is 0 Å². The molecule has 2 atom stereocenters. The van der Waals surface area contributed by atoms with Crippen molar-refractivity contribution in [2.75, 3.05) is 17.2 Å². The number of rotatable bonds is 5. The average molecular weight is 410 g/mol. The number of carbonyl (C=O) groups excluding carboxylic acids is 4. The number of nitrogens with one attached hydrogen (secondary N) is 2. The van der Waals surface area contributed by atoms with Crippen LogP contribution in [0.15, 0.2) is 47.4 Å². The van der Waals surface area contributed by atoms with Gasteiger partial charge in [0.05, 0.1) is 23.3 Å². The number of esters is 1. The number of anilines is 2. The van der Waals surface area contributed by atoms with Gasteiger partial charge in [0.2, 0.25) is 11.8 Å². The van der Waals surface area contributed by atoms with Crippen LogP contribution in [-0.4, -0.2) is 35.4 Å². The summed E-state index contributed by atoms with van der Waals surface area (Å²) in [6, 6.07) is 12.3. The van der Waals surface area contributed by atoms with E-state index in [1.807, 2.05) is 18.2 Å². The Balaban J connectivity index is 1.34. The number of carbonyl (C=O) groups is 4. The van der Waals surface area contributed by atoms with E-state index < -0.39 is 17.8 Å². The van der Waals surface area contributed by atoms with Gasteiger partial charge in [-0.1, -0.05) is 12.1 Å². The molecule has 0 aromatic heterocycles. The predicted molar refractivity (Wildman–Crippen MR) is 108 cm³/mol. The molecule has 4 rings (SSSR count). The van der Waals surface area contributed by atoms with E-state index in [0.717, 1.165) is 16.1 Å². The summed E-state index contributed by atoms with van der Waals surface area (Å²) < 4.78 is 5.10. The number of benzene rings is 2. The van der Waals surface area contributed by atoms with Gasteiger partial charge < -0.3 is 15.4 Å². The zero-order valence-corrected chi connectivity index (χ0v) is 16.4. The van der Waals surface area contributed by atoms with Crippen LogP contribution in [0, 0.1) is 0 Å². The summed E-state index contributed by atoms with van der Waals surface area (Å²) in [5.41, 5.74) is 2.54. The lowest BCUT2D eigenvalue weighted by atomic mass is 9.99. The molecule has 0 unspecified atom stereocenters. The number of Topliss-reactive ketones (excluding diaryl/α,β-unsaturated/α-hetero) is 1. The standard InChI is InChI=1S/C21H18N2O5S/c1-11-13-8-12(6-7-14(13)22-20(11)26)16(24)10-28-19(25)9-18-21(27)23-15-4-2-3-5-17(15)29-18/h2-8,11,18H,9-10H2,1H3,(H,22,26)(H,23,27)/t11-,18-/m0/s1. The highest BCUT2D eigenvalue weighted by atomic mass is 32.2. The van der Waals surface area contributed by atoms with E-state index in [4.69, 9.17) is 4.74 Å². The third kappa shape index (κ3) is 3.88. The molecular weight excluding hydrogens is 392 g/mol. The van der Waals surface area contributed by atoms with Crippen molar-refractivity contribution in [1.29, 1.82) is 0 Å². The second kappa shape index (κ2) is 7.71. The van der Waals surface area contributed by atoms with Gasteiger partial charge in [-0.3, -0.25) is 19.2 Å². The monoisotopic (exact) mass is 410 g/mol. The van der Waals surface area contributed by atoms with Crippen LogP contribution in [0.25, 0.3) is 0 Å². The van der Waals surface area contributed by atoms with E-state index in [9.17, 15) is 19.2 Å². The SMILES string of the molecule is C[C@@H]1C(=O)Nc2ccc(C(=O)COC(=O)C[C@@H]3Sc4ccccc4NC3=O)cc21. The fourth-order valence-electron chi connectivity index (χ4n) is 3.26. The van der Waals surface area contributed by atoms with Gasteiger partial charge >= 0.3 is 5.97 Å². The number of para-hydroxylation sites is 1. The van der Waals surface area contributed by atoms with Gasteiger partial charge in [0.15, 0.2) is 12.4 Å². The average Bonchev–Trinajstić information content (AvgIpc) is 3.00. The molecule has 0 aliphatic carbocycles. The van der Waals surface area contributed by atoms with Crippen LogP contribution < -0.4 is 10.6 Å². The van der Waals surface area contributed by atoms with Crippen LogP contribution in [0.1, 0.15) is 35.2 Å². The maximum atomic E-state index is 12.4. The summed E-state index contributed by atoms with van der Waals surface area (Å²) >= 11 is 1.30. The number of amides is 2. The first-order chi connectivity index (χ1) is 13.9. The highest BCUT2D eigenvalue weighted by Gasteiger charge is 2.30. The van der Waals surface area contributed by atoms with Crippen molar-refractivity contribution in [1.82, 2.24) is 0 Å². The fourth-order valence-corrected chi connectivity index (χ4v) is 4.35. The highest BCUT2D eigenvalue weighted by Crippen LogP contribution is 2.36. The lowest BCUT2D eigenvalue weighted by Gasteiger charge is -2.23. The molecule has 0 fully saturated rings. The molecule has 2 amide bonds. The van der Waals surface area contributed by atoms with E-state index in [1.165, 1.54) is 11.8 Å². The molecule has 29 heavy (non-hydrogen) atoms. The second-order valence-corrected chi connectivity index (χ2v) is 8.14. The van der Waals surface area contributed by atoms with Crippen molar-refractivity contribution >= 4 is 46.7 Å². The van der Waals surface area contributed by atoms with Crippen molar-refractivity contribution in [2.24, 2.45) is 0 Å². The fraction of sp³-hybridized carbons (Fsp3) is 0.238. The summed E-state index contributed by atoms with van der Waals surface area (Å²) in [4.78, 5) is 49.3. The van der Waals surface area contributed by atoms with Crippen LogP contribution in [0.4, 0.5) is 11.4 Å². The molecule has 2 aliphatic rings. The van der Waals surface area contributed by atoms with Gasteiger partial charge in [-0.05, 0) is 42.8 Å². The molecule has 2 aliphatic heterocycles. The van der Waals surface area contributed by atoms with Gasteiger partial charge in [0.25, 0.3) is 0 Å². The predicted octanol–water partition coefficient (Wildman–Crippen LogP) is 2.97. The molecule has 2 aromatic rings. The molecule has 0 radical (unpaired) electrons. The maximum Gasteiger partial charge on any atom is 0.307 e. The van der Waals surface area contributed by atoms with Crippen LogP contribution in [-0.2, 0) is 19.1 Å². The van der Waals surface area contributed by atoms with Gasteiger partial charge in [-0.15, -0.1) is 11.8 Å². The van der Waals surface area contributed by atoms with Gasteiger partial charge in [0.1, 0.15) is 0 Å². The third-order valence-corrected chi connectivity index (χ3v) is 6.19. The number of fused-ring (bicyclic) bond motifs is 2. The van der Waals surface area contributed by atoms with Crippen LogP contribution >= 0.6 is 11.8 Å². The van der Waals surface area contributed by atoms with Crippen LogP contribution in [0.2, 0.25) is 0 Å². The summed E-state index contributed by atoms with van der Waals surface area (Å²) in [5, 5.41) is 4.91. The van der Waals surface area contributed by atoms with Crippen molar-refractivity contribution in [3.63, 3.8) is 0 Å². The summed E-state index contributed by atoms with van der Waals surface area (Å²) in [6.45, 7) is 1.35. The first kappa shape index (κ1) is 19.2. The smallest absolute Gasteiger partial charge is 0.307 e. The Morgan fingerprint density at radius 1 is 1.03 bits per heavy atom. The maximum absolute atomic E-state index is 12.4. The van der Waals surface area contributed by atoms with E-state index in [1.54, 1.807) is 31.2 Å². The first-order valence-corrected chi connectivity index (χ1v) is 10.0. The number of thioether (sulfide) groups is 1. The van der Waals surface area contributed by atoms with Gasteiger partial charge in [-0.25, -0.2) is 0 Å². The third-order valence-electron chi connectivity index (χ3n) is 4.91. The Labute approximate surface area is 171 Å². The first-order valence-electron chi connectivity index (χ1n) is 9.12. The summed E-state index contributed by atoms with van der Waals surface area (Å²) in [6.07, 6.45) is -0.127. The zero-order valence-electron chi connectivity index (χ0n) is 15.6.